The van der Waals surface area contributed by atoms with Gasteiger partial charge >= 0.3 is 5.97 Å². The number of nitriles is 1. The normalized spacial score (nSPS) is 15.4. The summed E-state index contributed by atoms with van der Waals surface area (Å²) < 4.78 is 0. The summed E-state index contributed by atoms with van der Waals surface area (Å²) in [6, 6.07) is 10.3. The van der Waals surface area contributed by atoms with E-state index in [1.54, 1.807) is 30.6 Å². The largest absolute Gasteiger partial charge is 0.480 e. The molecule has 1 atom stereocenters. The number of aliphatic carboxylic acids is 1. The molecule has 9 heteroatoms. The zero-order valence-corrected chi connectivity index (χ0v) is 18.6. The van der Waals surface area contributed by atoms with Gasteiger partial charge in [0, 0.05) is 66.6 Å². The second-order valence-electron chi connectivity index (χ2n) is 8.40. The first kappa shape index (κ1) is 22.3. The van der Waals surface area contributed by atoms with Gasteiger partial charge in [-0.2, -0.15) is 5.26 Å². The lowest BCUT2D eigenvalue weighted by atomic mass is 10.0. The molecule has 9 nitrogen and oxygen atoms in total. The topological polar surface area (TPSA) is 125 Å². The summed E-state index contributed by atoms with van der Waals surface area (Å²) in [5, 5.41) is 23.1. The van der Waals surface area contributed by atoms with Crippen LogP contribution in [0.1, 0.15) is 31.0 Å². The van der Waals surface area contributed by atoms with Gasteiger partial charge in [0.1, 0.15) is 17.9 Å². The number of hydrogen-bond donors (Lipinski definition) is 3. The van der Waals surface area contributed by atoms with E-state index in [0.717, 1.165) is 10.9 Å². The Morgan fingerprint density at radius 1 is 1.21 bits per heavy atom. The van der Waals surface area contributed by atoms with Crippen LogP contribution in [0.15, 0.2) is 42.7 Å². The second-order valence-corrected chi connectivity index (χ2v) is 8.40. The molecule has 0 aliphatic carbocycles. The monoisotopic (exact) mass is 446 g/mol. The number of pyridine rings is 1. The summed E-state index contributed by atoms with van der Waals surface area (Å²) >= 11 is 0. The van der Waals surface area contributed by atoms with Crippen LogP contribution in [0.3, 0.4) is 0 Å². The van der Waals surface area contributed by atoms with Gasteiger partial charge < -0.3 is 20.3 Å². The van der Waals surface area contributed by atoms with E-state index in [0.29, 0.717) is 48.8 Å². The number of nitrogens with zero attached hydrogens (tertiary/aromatic N) is 4. The molecular formula is C24H26N6O3. The van der Waals surface area contributed by atoms with Crippen molar-refractivity contribution >= 4 is 34.3 Å². The van der Waals surface area contributed by atoms with Gasteiger partial charge in [-0.1, -0.05) is 19.9 Å². The summed E-state index contributed by atoms with van der Waals surface area (Å²) in [5.74, 6) is -0.494. The molecule has 1 fully saturated rings. The molecule has 2 aromatic heterocycles. The molecule has 3 N–H and O–H groups in total. The number of H-pyrrole nitrogens is 1. The van der Waals surface area contributed by atoms with Crippen LogP contribution in [-0.4, -0.2) is 58.0 Å². The van der Waals surface area contributed by atoms with Gasteiger partial charge in [0.15, 0.2) is 0 Å². The maximum Gasteiger partial charge on any atom is 0.325 e. The number of piperazine rings is 1. The van der Waals surface area contributed by atoms with Crippen molar-refractivity contribution in [3.8, 4) is 6.07 Å². The van der Waals surface area contributed by atoms with E-state index in [9.17, 15) is 20.0 Å². The smallest absolute Gasteiger partial charge is 0.325 e. The lowest BCUT2D eigenvalue weighted by Gasteiger charge is -2.38. The molecule has 1 amide bonds. The van der Waals surface area contributed by atoms with Crippen LogP contribution in [-0.2, 0) is 9.59 Å². The Labute approximate surface area is 191 Å². The number of aromatic nitrogens is 2. The predicted molar refractivity (Wildman–Crippen MR) is 125 cm³/mol. The maximum atomic E-state index is 12.3. The quantitative estimate of drug-likeness (QED) is 0.531. The molecule has 0 saturated carbocycles. The third-order valence-electron chi connectivity index (χ3n) is 5.92. The van der Waals surface area contributed by atoms with Gasteiger partial charge in [0.25, 0.3) is 0 Å². The van der Waals surface area contributed by atoms with E-state index in [1.165, 1.54) is 0 Å². The fourth-order valence-electron chi connectivity index (χ4n) is 4.15. The molecule has 1 aliphatic heterocycles. The number of nitrogens with one attached hydrogen (secondary N) is 2. The third kappa shape index (κ3) is 4.52. The van der Waals surface area contributed by atoms with E-state index >= 15 is 0 Å². The minimum absolute atomic E-state index is 0.0742. The average molecular weight is 447 g/mol. The van der Waals surface area contributed by atoms with E-state index in [4.69, 9.17) is 0 Å². The lowest BCUT2D eigenvalue weighted by Crippen LogP contribution is -2.49. The zero-order valence-electron chi connectivity index (χ0n) is 18.6. The molecule has 4 rings (SSSR count). The standard InChI is InChI=1S/C24H26N6O3/c1-15(2)23(31)28-17-5-6-18-19(14-27-20(18)12-17)21(24(32)33)29-8-10-30(11-9-29)22-16(13-25)4-3-7-26-22/h3-7,12,14-15,21,27H,8-11H2,1-2H3,(H,28,31)(H,32,33)/t21-/m1/s1. The van der Waals surface area contributed by atoms with Gasteiger partial charge in [0.05, 0.1) is 5.56 Å². The minimum atomic E-state index is -0.919. The van der Waals surface area contributed by atoms with Crippen molar-refractivity contribution in [2.75, 3.05) is 36.4 Å². The van der Waals surface area contributed by atoms with Crippen molar-refractivity contribution in [3.63, 3.8) is 0 Å². The minimum Gasteiger partial charge on any atom is -0.480 e. The lowest BCUT2D eigenvalue weighted by molar-refractivity contribution is -0.143. The molecule has 0 unspecified atom stereocenters. The number of hydrogen-bond acceptors (Lipinski definition) is 6. The highest BCUT2D eigenvalue weighted by Gasteiger charge is 2.32. The van der Waals surface area contributed by atoms with Crippen LogP contribution in [0.2, 0.25) is 0 Å². The van der Waals surface area contributed by atoms with Crippen LogP contribution in [0, 0.1) is 17.2 Å². The highest BCUT2D eigenvalue weighted by atomic mass is 16.4. The molecule has 3 aromatic rings. The zero-order chi connectivity index (χ0) is 23.5. The van der Waals surface area contributed by atoms with Crippen LogP contribution < -0.4 is 10.2 Å². The Kier molecular flexibility index (Phi) is 6.29. The number of benzene rings is 1. The number of aromatic amines is 1. The summed E-state index contributed by atoms with van der Waals surface area (Å²) in [6.45, 7) is 5.84. The maximum absolute atomic E-state index is 12.3. The fraction of sp³-hybridized carbons (Fsp3) is 0.333. The number of carbonyl (C=O) groups is 2. The highest BCUT2D eigenvalue weighted by molar-refractivity contribution is 5.96. The van der Waals surface area contributed by atoms with Crippen molar-refractivity contribution in [1.29, 1.82) is 5.26 Å². The van der Waals surface area contributed by atoms with Crippen molar-refractivity contribution in [2.45, 2.75) is 19.9 Å². The number of carboxylic acids is 1. The van der Waals surface area contributed by atoms with E-state index in [2.05, 4.69) is 21.4 Å². The first-order valence-corrected chi connectivity index (χ1v) is 10.9. The number of rotatable bonds is 6. The molecule has 1 aliphatic rings. The Bertz CT molecular complexity index is 1220. The van der Waals surface area contributed by atoms with Crippen LogP contribution in [0.25, 0.3) is 10.9 Å². The molecule has 170 valence electrons. The van der Waals surface area contributed by atoms with Crippen molar-refractivity contribution in [2.24, 2.45) is 5.92 Å². The first-order valence-electron chi connectivity index (χ1n) is 10.9. The van der Waals surface area contributed by atoms with Crippen molar-refractivity contribution in [3.05, 3.63) is 53.9 Å². The first-order chi connectivity index (χ1) is 15.9. The van der Waals surface area contributed by atoms with Crippen LogP contribution in [0.5, 0.6) is 0 Å². The molecule has 0 radical (unpaired) electrons. The SMILES string of the molecule is CC(C)C(=O)Nc1ccc2c([C@H](C(=O)O)N3CCN(c4ncccc4C#N)CC3)c[nH]c2c1. The Hall–Kier alpha value is -3.90. The van der Waals surface area contributed by atoms with Gasteiger partial charge in [0.2, 0.25) is 5.91 Å². The third-order valence-corrected chi connectivity index (χ3v) is 5.92. The summed E-state index contributed by atoms with van der Waals surface area (Å²) in [7, 11) is 0. The molecular weight excluding hydrogens is 420 g/mol. The number of carbonyl (C=O) groups excluding carboxylic acids is 1. The van der Waals surface area contributed by atoms with Gasteiger partial charge in [-0.25, -0.2) is 4.98 Å². The van der Waals surface area contributed by atoms with Crippen molar-refractivity contribution < 1.29 is 14.7 Å². The number of carboxylic acid groups (broad SMARTS) is 1. The van der Waals surface area contributed by atoms with E-state index in [1.807, 2.05) is 35.8 Å². The molecule has 0 spiro atoms. The summed E-state index contributed by atoms with van der Waals surface area (Å²) in [5.41, 5.74) is 2.63. The van der Waals surface area contributed by atoms with Gasteiger partial charge in [-0.3, -0.25) is 14.5 Å². The van der Waals surface area contributed by atoms with Crippen molar-refractivity contribution in [1.82, 2.24) is 14.9 Å². The van der Waals surface area contributed by atoms with E-state index < -0.39 is 12.0 Å². The second kappa shape index (κ2) is 9.30. The molecule has 0 bridgehead atoms. The van der Waals surface area contributed by atoms with Gasteiger partial charge in [-0.15, -0.1) is 0 Å². The highest BCUT2D eigenvalue weighted by Crippen LogP contribution is 2.31. The molecule has 1 saturated heterocycles. The Balaban J connectivity index is 1.54. The summed E-state index contributed by atoms with van der Waals surface area (Å²) in [4.78, 5) is 35.7. The predicted octanol–water partition coefficient (Wildman–Crippen LogP) is 2.98. The van der Waals surface area contributed by atoms with Crippen LogP contribution >= 0.6 is 0 Å². The van der Waals surface area contributed by atoms with Crippen LogP contribution in [0.4, 0.5) is 11.5 Å². The number of anilines is 2. The van der Waals surface area contributed by atoms with Gasteiger partial charge in [-0.05, 0) is 24.3 Å². The number of fused-ring (bicyclic) bond motifs is 1. The Morgan fingerprint density at radius 3 is 2.64 bits per heavy atom. The fourth-order valence-corrected chi connectivity index (χ4v) is 4.15. The molecule has 33 heavy (non-hydrogen) atoms. The Morgan fingerprint density at radius 2 is 1.97 bits per heavy atom. The average Bonchev–Trinajstić information content (AvgIpc) is 3.22. The number of amides is 1. The summed E-state index contributed by atoms with van der Waals surface area (Å²) in [6.07, 6.45) is 3.39. The van der Waals surface area contributed by atoms with E-state index in [-0.39, 0.29) is 11.8 Å². The molecule has 3 heterocycles. The molecule has 1 aromatic carbocycles.